The van der Waals surface area contributed by atoms with Gasteiger partial charge in [0, 0.05) is 20.8 Å². The van der Waals surface area contributed by atoms with E-state index in [0.29, 0.717) is 11.5 Å². The van der Waals surface area contributed by atoms with Gasteiger partial charge >= 0.3 is 29.3 Å². The maximum atomic E-state index is 7.32. The Balaban J connectivity index is 0.00000157. The van der Waals surface area contributed by atoms with E-state index in [9.17, 15) is 0 Å². The summed E-state index contributed by atoms with van der Waals surface area (Å²) in [5.74, 6) is 2.82. The van der Waals surface area contributed by atoms with Crippen LogP contribution in [-0.2, 0) is 44.0 Å². The minimum absolute atomic E-state index is 0. The first-order chi connectivity index (χ1) is 19.0. The molecule has 0 unspecified atom stereocenters. The van der Waals surface area contributed by atoms with Crippen LogP contribution in [0.1, 0.15) is 126 Å². The van der Waals surface area contributed by atoms with Crippen molar-refractivity contribution in [1.82, 2.24) is 0 Å². The Labute approximate surface area is 276 Å². The SMILES string of the molecule is CC#N.CC#N.CC#N.CC(C)(C)c1cc2c(c(C(C)(C)C)c1)O[B-]1(O2)Oc2cc(C(C)(C)C)cc(C(C)(C)C)c2O1.[Ag+]. The maximum Gasteiger partial charge on any atom is 1.00 e. The minimum Gasteiger partial charge on any atom is -0.609 e. The summed E-state index contributed by atoms with van der Waals surface area (Å²) in [6.45, 7) is 28.2. The fraction of sp³-hybridized carbons (Fsp3) is 0.559. The first-order valence-corrected chi connectivity index (χ1v) is 14.2. The van der Waals surface area contributed by atoms with Gasteiger partial charge in [0.1, 0.15) is 23.0 Å². The van der Waals surface area contributed by atoms with Crippen molar-refractivity contribution in [2.45, 2.75) is 126 Å². The van der Waals surface area contributed by atoms with Crippen molar-refractivity contribution in [2.24, 2.45) is 0 Å². The topological polar surface area (TPSA) is 108 Å². The Morgan fingerprint density at radius 1 is 0.488 bits per heavy atom. The molecule has 1 spiro atoms. The quantitative estimate of drug-likeness (QED) is 0.255. The molecular formula is C34H49AgBN3O4. The van der Waals surface area contributed by atoms with Crippen molar-refractivity contribution < 1.29 is 41.0 Å². The molecule has 0 aromatic heterocycles. The van der Waals surface area contributed by atoms with Crippen LogP contribution in [0.5, 0.6) is 23.0 Å². The number of rotatable bonds is 0. The zero-order valence-corrected chi connectivity index (χ0v) is 30.1. The van der Waals surface area contributed by atoms with Gasteiger partial charge in [-0.15, -0.1) is 0 Å². The number of benzene rings is 2. The van der Waals surface area contributed by atoms with Crippen LogP contribution in [0, 0.1) is 34.0 Å². The largest absolute Gasteiger partial charge is 1.00 e. The Morgan fingerprint density at radius 2 is 0.744 bits per heavy atom. The molecular weight excluding hydrogens is 633 g/mol. The molecule has 9 heteroatoms. The van der Waals surface area contributed by atoms with Crippen LogP contribution in [0.25, 0.3) is 0 Å². The summed E-state index contributed by atoms with van der Waals surface area (Å²) in [7, 11) is 0. The van der Waals surface area contributed by atoms with Crippen LogP contribution in [0.15, 0.2) is 24.3 Å². The van der Waals surface area contributed by atoms with Crippen molar-refractivity contribution >= 4 is 6.96 Å². The molecule has 0 bridgehead atoms. The van der Waals surface area contributed by atoms with Crippen molar-refractivity contribution in [1.29, 1.82) is 15.8 Å². The van der Waals surface area contributed by atoms with Crippen molar-refractivity contribution in [3.05, 3.63) is 46.5 Å². The van der Waals surface area contributed by atoms with E-state index >= 15 is 0 Å². The van der Waals surface area contributed by atoms with Crippen LogP contribution in [0.3, 0.4) is 0 Å². The van der Waals surface area contributed by atoms with Crippen LogP contribution in [0.2, 0.25) is 0 Å². The summed E-state index contributed by atoms with van der Waals surface area (Å²) in [6, 6.07) is 13.9. The molecule has 2 aromatic carbocycles. The van der Waals surface area contributed by atoms with Gasteiger partial charge in [-0.1, -0.05) is 95.2 Å². The molecule has 0 atom stereocenters. The first-order valence-electron chi connectivity index (χ1n) is 14.2. The number of nitrogens with zero attached hydrogens (tertiary/aromatic N) is 3. The Bertz CT molecular complexity index is 1270. The van der Waals surface area contributed by atoms with Gasteiger partial charge in [-0.2, -0.15) is 15.8 Å². The predicted molar refractivity (Wildman–Crippen MR) is 170 cm³/mol. The molecule has 0 N–H and O–H groups in total. The van der Waals surface area contributed by atoms with Gasteiger partial charge in [0.05, 0.1) is 18.2 Å². The molecule has 0 saturated heterocycles. The second-order valence-electron chi connectivity index (χ2n) is 14.4. The van der Waals surface area contributed by atoms with Crippen LogP contribution in [-0.4, -0.2) is 6.96 Å². The molecule has 2 heterocycles. The maximum absolute atomic E-state index is 7.32. The van der Waals surface area contributed by atoms with Gasteiger partial charge in [0.15, 0.2) is 0 Å². The van der Waals surface area contributed by atoms with Crippen LogP contribution >= 0.6 is 0 Å². The molecule has 2 aliphatic heterocycles. The molecule has 43 heavy (non-hydrogen) atoms. The van der Waals surface area contributed by atoms with Crippen molar-refractivity contribution in [3.63, 3.8) is 0 Å². The third-order valence-corrected chi connectivity index (χ3v) is 6.52. The monoisotopic (exact) mass is 681 g/mol. The smallest absolute Gasteiger partial charge is 0.609 e. The predicted octanol–water partition coefficient (Wildman–Crippen LogP) is 9.14. The van der Waals surface area contributed by atoms with E-state index < -0.39 is 6.96 Å². The van der Waals surface area contributed by atoms with Gasteiger partial charge in [-0.05, 0) is 56.0 Å². The van der Waals surface area contributed by atoms with E-state index in [0.717, 1.165) is 22.6 Å². The van der Waals surface area contributed by atoms with Gasteiger partial charge in [0.25, 0.3) is 0 Å². The summed E-state index contributed by atoms with van der Waals surface area (Å²) in [6.07, 6.45) is 0. The molecule has 0 fully saturated rings. The second kappa shape index (κ2) is 14.6. The Hall–Kier alpha value is -3.08. The molecule has 4 rings (SSSR count). The standard InChI is InChI=1S/C28H40BO4.3C2H3N.Ag/c1-25(2,3)17-13-19(27(7,8)9)23-21(15-17)30-29(32-23)31-22-16-18(26(4,5)6)14-20(24(22)33-29)28(10,11)12;3*1-2-3;/h13-16H,1-12H3;3*1H3;/q-1;;;;+1. The van der Waals surface area contributed by atoms with Gasteiger partial charge < -0.3 is 18.6 Å². The third-order valence-electron chi connectivity index (χ3n) is 6.52. The van der Waals surface area contributed by atoms with Gasteiger partial charge in [-0.25, -0.2) is 0 Å². The third kappa shape index (κ3) is 9.97. The van der Waals surface area contributed by atoms with Crippen molar-refractivity contribution in [2.75, 3.05) is 0 Å². The fourth-order valence-corrected chi connectivity index (χ4v) is 4.35. The normalized spacial score (nSPS) is 13.7. The molecule has 0 saturated carbocycles. The van der Waals surface area contributed by atoms with Crippen LogP contribution in [0.4, 0.5) is 0 Å². The zero-order valence-electron chi connectivity index (χ0n) is 28.7. The zero-order chi connectivity index (χ0) is 32.9. The Morgan fingerprint density at radius 3 is 0.953 bits per heavy atom. The summed E-state index contributed by atoms with van der Waals surface area (Å²) in [5.41, 5.74) is 4.28. The Kier molecular flexibility index (Phi) is 13.5. The molecule has 7 nitrogen and oxygen atoms in total. The van der Waals surface area contributed by atoms with Gasteiger partial charge in [-0.3, -0.25) is 0 Å². The van der Waals surface area contributed by atoms with E-state index in [4.69, 9.17) is 34.4 Å². The van der Waals surface area contributed by atoms with Crippen molar-refractivity contribution in [3.8, 4) is 41.2 Å². The van der Waals surface area contributed by atoms with Crippen LogP contribution < -0.4 is 18.6 Å². The first kappa shape index (κ1) is 39.9. The molecule has 238 valence electrons. The molecule has 0 radical (unpaired) electrons. The number of nitriles is 3. The molecule has 0 aliphatic carbocycles. The average molecular weight is 682 g/mol. The summed E-state index contributed by atoms with van der Waals surface area (Å²) in [5, 5.41) is 22.0. The van der Waals surface area contributed by atoms with Gasteiger partial charge in [0.2, 0.25) is 0 Å². The number of hydrogen-bond donors (Lipinski definition) is 0. The van der Waals surface area contributed by atoms with E-state index in [2.05, 4.69) is 107 Å². The summed E-state index contributed by atoms with van der Waals surface area (Å²) in [4.78, 5) is 0. The fourth-order valence-electron chi connectivity index (χ4n) is 4.35. The summed E-state index contributed by atoms with van der Waals surface area (Å²) >= 11 is 0. The van der Waals surface area contributed by atoms with E-state index in [1.807, 2.05) is 0 Å². The van der Waals surface area contributed by atoms with E-state index in [-0.39, 0.29) is 44.0 Å². The second-order valence-corrected chi connectivity index (χ2v) is 14.4. The number of hydrogen-bond acceptors (Lipinski definition) is 7. The summed E-state index contributed by atoms with van der Waals surface area (Å²) < 4.78 is 25.7. The van der Waals surface area contributed by atoms with E-state index in [1.54, 1.807) is 18.2 Å². The number of fused-ring (bicyclic) bond motifs is 2. The average Bonchev–Trinajstić information content (AvgIpc) is 3.34. The molecule has 2 aromatic rings. The van der Waals surface area contributed by atoms with E-state index in [1.165, 1.54) is 31.9 Å². The minimum atomic E-state index is -2.46. The molecule has 0 amide bonds. The molecule has 2 aliphatic rings.